The van der Waals surface area contributed by atoms with Crippen molar-refractivity contribution < 1.29 is 9.53 Å². The van der Waals surface area contributed by atoms with Crippen LogP contribution in [0.5, 0.6) is 0 Å². The Balaban J connectivity index is 2.35. The molecule has 0 aliphatic carbocycles. The van der Waals surface area contributed by atoms with E-state index in [0.717, 1.165) is 12.1 Å². The van der Waals surface area contributed by atoms with Gasteiger partial charge in [-0.1, -0.05) is 18.5 Å². The van der Waals surface area contributed by atoms with E-state index < -0.39 is 0 Å². The third-order valence-corrected chi connectivity index (χ3v) is 2.79. The number of hydrogen-bond donors (Lipinski definition) is 2. The molecule has 5 heteroatoms. The molecule has 0 saturated heterocycles. The first-order valence-corrected chi connectivity index (χ1v) is 6.31. The molecule has 1 atom stereocenters. The minimum Gasteiger partial charge on any atom is -0.383 e. The van der Waals surface area contributed by atoms with Gasteiger partial charge in [-0.2, -0.15) is 0 Å². The predicted molar refractivity (Wildman–Crippen MR) is 74.0 cm³/mol. The summed E-state index contributed by atoms with van der Waals surface area (Å²) >= 11 is 5.77. The zero-order valence-electron chi connectivity index (χ0n) is 10.7. The summed E-state index contributed by atoms with van der Waals surface area (Å²) in [4.78, 5) is 11.7. The van der Waals surface area contributed by atoms with Crippen LogP contribution >= 0.6 is 11.6 Å². The minimum atomic E-state index is -0.0770. The normalized spacial score (nSPS) is 12.2. The smallest absolute Gasteiger partial charge is 0.238 e. The topological polar surface area (TPSA) is 50.4 Å². The van der Waals surface area contributed by atoms with Crippen molar-refractivity contribution in [3.63, 3.8) is 0 Å². The molecular weight excluding hydrogens is 252 g/mol. The number of amides is 1. The van der Waals surface area contributed by atoms with E-state index in [2.05, 4.69) is 10.6 Å². The molecule has 0 bridgehead atoms. The average molecular weight is 271 g/mol. The van der Waals surface area contributed by atoms with Gasteiger partial charge in [-0.05, 0) is 30.7 Å². The summed E-state index contributed by atoms with van der Waals surface area (Å²) in [7, 11) is 1.65. The fourth-order valence-corrected chi connectivity index (χ4v) is 1.62. The van der Waals surface area contributed by atoms with Gasteiger partial charge < -0.3 is 15.4 Å². The molecule has 0 aliphatic rings. The molecule has 1 unspecified atom stereocenters. The molecule has 2 N–H and O–H groups in total. The SMILES string of the molecule is CCC(COC)NCC(=O)Nc1ccc(Cl)cc1. The molecule has 0 heterocycles. The lowest BCUT2D eigenvalue weighted by molar-refractivity contribution is -0.115. The van der Waals surface area contributed by atoms with Gasteiger partial charge in [0, 0.05) is 23.9 Å². The van der Waals surface area contributed by atoms with Gasteiger partial charge in [0.25, 0.3) is 0 Å². The van der Waals surface area contributed by atoms with Crippen LogP contribution in [0.15, 0.2) is 24.3 Å². The zero-order valence-corrected chi connectivity index (χ0v) is 11.5. The second kappa shape index (κ2) is 8.08. The van der Waals surface area contributed by atoms with E-state index in [9.17, 15) is 4.79 Å². The highest BCUT2D eigenvalue weighted by Gasteiger charge is 2.08. The van der Waals surface area contributed by atoms with Crippen molar-refractivity contribution in [3.05, 3.63) is 29.3 Å². The zero-order chi connectivity index (χ0) is 13.4. The van der Waals surface area contributed by atoms with E-state index in [1.807, 2.05) is 6.92 Å². The Morgan fingerprint density at radius 3 is 2.61 bits per heavy atom. The molecular formula is C13H19ClN2O2. The number of carbonyl (C=O) groups excluding carboxylic acids is 1. The van der Waals surface area contributed by atoms with E-state index in [4.69, 9.17) is 16.3 Å². The molecule has 18 heavy (non-hydrogen) atoms. The van der Waals surface area contributed by atoms with E-state index in [-0.39, 0.29) is 18.5 Å². The second-order valence-electron chi connectivity index (χ2n) is 4.00. The lowest BCUT2D eigenvalue weighted by Gasteiger charge is -2.15. The van der Waals surface area contributed by atoms with Crippen molar-refractivity contribution in [2.24, 2.45) is 0 Å². The summed E-state index contributed by atoms with van der Waals surface area (Å²) in [5.41, 5.74) is 0.742. The molecule has 0 aliphatic heterocycles. The molecule has 0 fully saturated rings. The first-order chi connectivity index (χ1) is 8.65. The first-order valence-electron chi connectivity index (χ1n) is 5.93. The fourth-order valence-electron chi connectivity index (χ4n) is 1.50. The van der Waals surface area contributed by atoms with Crippen molar-refractivity contribution in [3.8, 4) is 0 Å². The number of benzene rings is 1. The van der Waals surface area contributed by atoms with Crippen molar-refractivity contribution >= 4 is 23.2 Å². The lowest BCUT2D eigenvalue weighted by atomic mass is 10.2. The summed E-state index contributed by atoms with van der Waals surface area (Å²) in [6, 6.07) is 7.22. The van der Waals surface area contributed by atoms with E-state index >= 15 is 0 Å². The third-order valence-electron chi connectivity index (χ3n) is 2.54. The van der Waals surface area contributed by atoms with Crippen LogP contribution < -0.4 is 10.6 Å². The molecule has 0 saturated carbocycles. The molecule has 0 radical (unpaired) electrons. The maximum Gasteiger partial charge on any atom is 0.238 e. The largest absolute Gasteiger partial charge is 0.383 e. The number of methoxy groups -OCH3 is 1. The van der Waals surface area contributed by atoms with Gasteiger partial charge in [0.15, 0.2) is 0 Å². The van der Waals surface area contributed by atoms with Gasteiger partial charge in [-0.3, -0.25) is 4.79 Å². The minimum absolute atomic E-state index is 0.0770. The summed E-state index contributed by atoms with van der Waals surface area (Å²) < 4.78 is 5.05. The van der Waals surface area contributed by atoms with Crippen LogP contribution in [-0.2, 0) is 9.53 Å². The van der Waals surface area contributed by atoms with Crippen molar-refractivity contribution in [2.45, 2.75) is 19.4 Å². The Labute approximate surface area is 113 Å². The Bertz CT molecular complexity index is 368. The van der Waals surface area contributed by atoms with Gasteiger partial charge in [0.1, 0.15) is 0 Å². The van der Waals surface area contributed by atoms with Crippen molar-refractivity contribution in [1.82, 2.24) is 5.32 Å². The average Bonchev–Trinajstić information content (AvgIpc) is 2.37. The van der Waals surface area contributed by atoms with Crippen LogP contribution in [0.2, 0.25) is 5.02 Å². The Kier molecular flexibility index (Phi) is 6.72. The van der Waals surface area contributed by atoms with E-state index in [0.29, 0.717) is 11.6 Å². The van der Waals surface area contributed by atoms with Crippen LogP contribution in [0.25, 0.3) is 0 Å². The quantitative estimate of drug-likeness (QED) is 0.799. The molecule has 1 aromatic carbocycles. The molecule has 1 aromatic rings. The van der Waals surface area contributed by atoms with Gasteiger partial charge in [-0.15, -0.1) is 0 Å². The molecule has 4 nitrogen and oxygen atoms in total. The highest BCUT2D eigenvalue weighted by Crippen LogP contribution is 2.12. The van der Waals surface area contributed by atoms with Crippen LogP contribution in [0.1, 0.15) is 13.3 Å². The van der Waals surface area contributed by atoms with Gasteiger partial charge in [0.2, 0.25) is 5.91 Å². The van der Waals surface area contributed by atoms with Crippen molar-refractivity contribution in [1.29, 1.82) is 0 Å². The van der Waals surface area contributed by atoms with Gasteiger partial charge in [0.05, 0.1) is 13.2 Å². The van der Waals surface area contributed by atoms with Crippen LogP contribution in [0.3, 0.4) is 0 Å². The number of hydrogen-bond acceptors (Lipinski definition) is 3. The Morgan fingerprint density at radius 2 is 2.06 bits per heavy atom. The second-order valence-corrected chi connectivity index (χ2v) is 4.43. The number of halogens is 1. The van der Waals surface area contributed by atoms with Crippen LogP contribution in [-0.4, -0.2) is 32.2 Å². The standard InChI is InChI=1S/C13H19ClN2O2/c1-3-11(9-18-2)15-8-13(17)16-12-6-4-10(14)5-7-12/h4-7,11,15H,3,8-9H2,1-2H3,(H,16,17). The lowest BCUT2D eigenvalue weighted by Crippen LogP contribution is -2.38. The van der Waals surface area contributed by atoms with E-state index in [1.165, 1.54) is 0 Å². The van der Waals surface area contributed by atoms with Crippen LogP contribution in [0, 0.1) is 0 Å². The number of anilines is 1. The molecule has 100 valence electrons. The summed E-state index contributed by atoms with van der Waals surface area (Å²) in [6.45, 7) is 2.92. The van der Waals surface area contributed by atoms with Crippen LogP contribution in [0.4, 0.5) is 5.69 Å². The Morgan fingerprint density at radius 1 is 1.39 bits per heavy atom. The molecule has 0 aromatic heterocycles. The number of carbonyl (C=O) groups is 1. The number of rotatable bonds is 7. The fraction of sp³-hybridized carbons (Fsp3) is 0.462. The number of nitrogens with one attached hydrogen (secondary N) is 2. The predicted octanol–water partition coefficient (Wildman–Crippen LogP) is 2.29. The van der Waals surface area contributed by atoms with E-state index in [1.54, 1.807) is 31.4 Å². The highest BCUT2D eigenvalue weighted by molar-refractivity contribution is 6.30. The molecule has 0 spiro atoms. The van der Waals surface area contributed by atoms with Gasteiger partial charge >= 0.3 is 0 Å². The third kappa shape index (κ3) is 5.49. The maximum atomic E-state index is 11.7. The monoisotopic (exact) mass is 270 g/mol. The maximum absolute atomic E-state index is 11.7. The van der Waals surface area contributed by atoms with Crippen molar-refractivity contribution in [2.75, 3.05) is 25.6 Å². The summed E-state index contributed by atoms with van der Waals surface area (Å²) in [5, 5.41) is 6.58. The Hall–Kier alpha value is -1.10. The first kappa shape index (κ1) is 15.0. The summed E-state index contributed by atoms with van der Waals surface area (Å²) in [6.07, 6.45) is 0.919. The summed E-state index contributed by atoms with van der Waals surface area (Å²) in [5.74, 6) is -0.0770. The molecule has 1 amide bonds. The molecule has 1 rings (SSSR count). The highest BCUT2D eigenvalue weighted by atomic mass is 35.5. The number of ether oxygens (including phenoxy) is 1. The van der Waals surface area contributed by atoms with Gasteiger partial charge in [-0.25, -0.2) is 0 Å².